The second-order valence-electron chi connectivity index (χ2n) is 1.74. The second-order valence-corrected chi connectivity index (χ2v) is 1.74. The number of hydrogen-bond donors (Lipinski definition) is 3. The van der Waals surface area contributed by atoms with Gasteiger partial charge in [0.2, 0.25) is 0 Å². The van der Waals surface area contributed by atoms with Gasteiger partial charge in [0.25, 0.3) is 0 Å². The van der Waals surface area contributed by atoms with Crippen molar-refractivity contribution in [2.24, 2.45) is 0 Å². The molecule has 0 aromatic carbocycles. The summed E-state index contributed by atoms with van der Waals surface area (Å²) in [4.78, 5) is 9.84. The Morgan fingerprint density at radius 2 is 2.00 bits per heavy atom. The van der Waals surface area contributed by atoms with Crippen LogP contribution in [0.2, 0.25) is 0 Å². The Kier molecular flexibility index (Phi) is 5.10. The zero-order chi connectivity index (χ0) is 6.78. The maximum atomic E-state index is 9.84. The van der Waals surface area contributed by atoms with E-state index in [9.17, 15) is 4.79 Å². The molecule has 3 N–H and O–H groups in total. The summed E-state index contributed by atoms with van der Waals surface area (Å²) >= 11 is 0. The summed E-state index contributed by atoms with van der Waals surface area (Å²) in [6, 6.07) is 0. The molecule has 0 fully saturated rings. The van der Waals surface area contributed by atoms with E-state index in [1.165, 1.54) is 0 Å². The van der Waals surface area contributed by atoms with E-state index in [0.29, 0.717) is 0 Å². The number of carboxylic acids is 1. The Labute approximate surface area is 64.7 Å². The fourth-order valence-corrected chi connectivity index (χ4v) is 0.0676. The molecule has 9 heavy (non-hydrogen) atoms. The zero-order valence-corrected chi connectivity index (χ0v) is 5.46. The third-order valence-corrected chi connectivity index (χ3v) is 0.769. The molecule has 0 aliphatic rings. The molecule has 0 rings (SSSR count). The molecule has 0 unspecified atom stereocenters. The average molecular weight is 127 g/mol. The van der Waals surface area contributed by atoms with Gasteiger partial charge in [0.15, 0.2) is 5.60 Å². The largest absolute Gasteiger partial charge is 0.479 e. The van der Waals surface area contributed by atoms with E-state index in [2.05, 4.69) is 0 Å². The predicted octanol–water partition coefficient (Wildman–Crippen LogP) is -1.57. The number of hydrogen-bond acceptors (Lipinski definition) is 3. The molecular formula is C4H8LiO4. The molecule has 0 aromatic rings. The summed E-state index contributed by atoms with van der Waals surface area (Å²) in [5.41, 5.74) is -1.99. The molecule has 4 nitrogen and oxygen atoms in total. The molecule has 0 amide bonds. The van der Waals surface area contributed by atoms with Crippen molar-refractivity contribution in [2.75, 3.05) is 6.61 Å². The minimum Gasteiger partial charge on any atom is -0.479 e. The second kappa shape index (κ2) is 3.91. The van der Waals surface area contributed by atoms with E-state index in [4.69, 9.17) is 15.3 Å². The molecule has 0 saturated carbocycles. The van der Waals surface area contributed by atoms with Gasteiger partial charge < -0.3 is 15.3 Å². The van der Waals surface area contributed by atoms with E-state index in [1.807, 2.05) is 0 Å². The fraction of sp³-hybridized carbons (Fsp3) is 0.750. The quantitative estimate of drug-likeness (QED) is 0.392. The maximum absolute atomic E-state index is 9.84. The van der Waals surface area contributed by atoms with Gasteiger partial charge in [-0.1, -0.05) is 0 Å². The monoisotopic (exact) mass is 127 g/mol. The minimum atomic E-state index is -1.99. The molecular weight excluding hydrogens is 119 g/mol. The summed E-state index contributed by atoms with van der Waals surface area (Å²) in [5.74, 6) is -1.42. The minimum absolute atomic E-state index is 0. The number of carboxylic acid groups (broad SMARTS) is 1. The Balaban J connectivity index is 0. The van der Waals surface area contributed by atoms with Crippen molar-refractivity contribution in [2.45, 2.75) is 12.5 Å². The summed E-state index contributed by atoms with van der Waals surface area (Å²) in [7, 11) is 0. The van der Waals surface area contributed by atoms with E-state index in [-0.39, 0.29) is 18.9 Å². The molecule has 5 heteroatoms. The van der Waals surface area contributed by atoms with Gasteiger partial charge in [0, 0.05) is 18.9 Å². The fourth-order valence-electron chi connectivity index (χ4n) is 0.0676. The van der Waals surface area contributed by atoms with Crippen LogP contribution in [-0.4, -0.2) is 52.4 Å². The Bertz CT molecular complexity index is 101. The smallest absolute Gasteiger partial charge is 0.337 e. The number of aliphatic hydroxyl groups excluding tert-OH is 1. The third-order valence-electron chi connectivity index (χ3n) is 0.769. The first kappa shape index (κ1) is 11.7. The third kappa shape index (κ3) is 3.54. The van der Waals surface area contributed by atoms with Gasteiger partial charge in [-0.15, -0.1) is 0 Å². The van der Waals surface area contributed by atoms with Crippen LogP contribution in [0.5, 0.6) is 0 Å². The van der Waals surface area contributed by atoms with E-state index in [1.54, 1.807) is 0 Å². The zero-order valence-electron chi connectivity index (χ0n) is 5.46. The van der Waals surface area contributed by atoms with E-state index < -0.39 is 18.2 Å². The van der Waals surface area contributed by atoms with Gasteiger partial charge in [-0.3, -0.25) is 0 Å². The van der Waals surface area contributed by atoms with Gasteiger partial charge in [-0.25, -0.2) is 4.79 Å². The van der Waals surface area contributed by atoms with Crippen LogP contribution >= 0.6 is 0 Å². The van der Waals surface area contributed by atoms with Crippen molar-refractivity contribution in [1.29, 1.82) is 0 Å². The average Bonchev–Trinajstić information content (AvgIpc) is 1.67. The molecule has 0 aliphatic heterocycles. The van der Waals surface area contributed by atoms with Gasteiger partial charge >= 0.3 is 5.97 Å². The summed E-state index contributed by atoms with van der Waals surface area (Å²) in [5, 5.41) is 24.7. The van der Waals surface area contributed by atoms with Gasteiger partial charge in [0.1, 0.15) is 0 Å². The van der Waals surface area contributed by atoms with Crippen LogP contribution in [-0.2, 0) is 4.79 Å². The number of aliphatic carboxylic acids is 1. The number of aliphatic hydroxyl groups is 2. The van der Waals surface area contributed by atoms with Crippen molar-refractivity contribution in [1.82, 2.24) is 0 Å². The van der Waals surface area contributed by atoms with Gasteiger partial charge in [-0.05, 0) is 6.92 Å². The molecule has 0 bridgehead atoms. The number of carbonyl (C=O) groups is 1. The molecule has 49 valence electrons. The van der Waals surface area contributed by atoms with Crippen LogP contribution in [0.15, 0.2) is 0 Å². The van der Waals surface area contributed by atoms with Crippen molar-refractivity contribution in [3.05, 3.63) is 0 Å². The molecule has 1 radical (unpaired) electrons. The van der Waals surface area contributed by atoms with E-state index in [0.717, 1.165) is 6.92 Å². The van der Waals surface area contributed by atoms with Crippen LogP contribution in [0, 0.1) is 0 Å². The molecule has 0 aromatic heterocycles. The standard InChI is InChI=1S/C4H8O4.Li/c1-4(8,2-5)3(6)7;/h5,8H,2H2,1H3,(H,6,7);/t4-;/m0./s1. The SMILES string of the molecule is C[C@](O)(CO)C(=O)O.[Li]. The van der Waals surface area contributed by atoms with Crippen molar-refractivity contribution in [3.8, 4) is 0 Å². The van der Waals surface area contributed by atoms with Crippen molar-refractivity contribution >= 4 is 24.8 Å². The summed E-state index contributed by atoms with van der Waals surface area (Å²) in [6.07, 6.45) is 0. The van der Waals surface area contributed by atoms with Crippen LogP contribution in [0.1, 0.15) is 6.92 Å². The maximum Gasteiger partial charge on any atom is 0.337 e. The summed E-state index contributed by atoms with van der Waals surface area (Å²) < 4.78 is 0. The van der Waals surface area contributed by atoms with Crippen LogP contribution in [0.4, 0.5) is 0 Å². The van der Waals surface area contributed by atoms with Crippen molar-refractivity contribution in [3.63, 3.8) is 0 Å². The summed E-state index contributed by atoms with van der Waals surface area (Å²) in [6.45, 7) is 0.262. The predicted molar refractivity (Wildman–Crippen MR) is 31.1 cm³/mol. The van der Waals surface area contributed by atoms with Crippen LogP contribution in [0.25, 0.3) is 0 Å². The van der Waals surface area contributed by atoms with Gasteiger partial charge in [-0.2, -0.15) is 0 Å². The molecule has 0 spiro atoms. The van der Waals surface area contributed by atoms with Gasteiger partial charge in [0.05, 0.1) is 6.61 Å². The topological polar surface area (TPSA) is 77.8 Å². The first-order valence-electron chi connectivity index (χ1n) is 2.07. The Morgan fingerprint density at radius 1 is 1.67 bits per heavy atom. The normalized spacial score (nSPS) is 15.4. The first-order chi connectivity index (χ1) is 3.50. The molecule has 0 heterocycles. The Morgan fingerprint density at radius 3 is 2.00 bits per heavy atom. The van der Waals surface area contributed by atoms with E-state index >= 15 is 0 Å². The number of rotatable bonds is 2. The molecule has 1 atom stereocenters. The molecule has 0 aliphatic carbocycles. The van der Waals surface area contributed by atoms with Crippen LogP contribution < -0.4 is 0 Å². The molecule has 0 saturated heterocycles. The Hall–Kier alpha value is -0.0126. The first-order valence-corrected chi connectivity index (χ1v) is 2.07. The van der Waals surface area contributed by atoms with Crippen LogP contribution in [0.3, 0.4) is 0 Å². The van der Waals surface area contributed by atoms with Crippen molar-refractivity contribution < 1.29 is 20.1 Å².